The molecule has 2 atom stereocenters. The molecule has 2 fully saturated rings. The molecule has 2 unspecified atom stereocenters. The molecule has 0 aliphatic carbocycles. The summed E-state index contributed by atoms with van der Waals surface area (Å²) in [5.41, 5.74) is 7.56. The Morgan fingerprint density at radius 1 is 0.974 bits per heavy atom. The molecule has 4 aromatic rings. The maximum atomic E-state index is 12.9. The second-order valence-corrected chi connectivity index (χ2v) is 10.9. The van der Waals surface area contributed by atoms with Gasteiger partial charge in [0, 0.05) is 30.3 Å². The summed E-state index contributed by atoms with van der Waals surface area (Å²) < 4.78 is 5.11. The number of aromatic nitrogens is 2. The van der Waals surface area contributed by atoms with E-state index < -0.39 is 0 Å². The summed E-state index contributed by atoms with van der Waals surface area (Å²) in [6.07, 6.45) is 5.42. The van der Waals surface area contributed by atoms with Crippen molar-refractivity contribution in [2.45, 2.75) is 64.0 Å². The molecule has 1 N–H and O–H groups in total. The van der Waals surface area contributed by atoms with Crippen molar-refractivity contribution in [3.8, 4) is 22.5 Å². The maximum Gasteiger partial charge on any atom is 0.228 e. The quantitative estimate of drug-likeness (QED) is 0.321. The average Bonchev–Trinajstić information content (AvgIpc) is 3.41. The van der Waals surface area contributed by atoms with E-state index in [0.717, 1.165) is 33.5 Å². The topological polar surface area (TPSA) is 71.3 Å². The molecule has 0 radical (unpaired) electrons. The van der Waals surface area contributed by atoms with Gasteiger partial charge < -0.3 is 14.7 Å². The Kier molecular flexibility index (Phi) is 6.58. The van der Waals surface area contributed by atoms with E-state index in [1.165, 1.54) is 31.2 Å². The van der Waals surface area contributed by atoms with Gasteiger partial charge in [-0.3, -0.25) is 4.79 Å². The smallest absolute Gasteiger partial charge is 0.228 e. The van der Waals surface area contributed by atoms with Crippen LogP contribution in [0.4, 0.5) is 5.69 Å². The summed E-state index contributed by atoms with van der Waals surface area (Å²) in [5.74, 6) is 1.75. The summed E-state index contributed by atoms with van der Waals surface area (Å²) in [4.78, 5) is 19.8. The van der Waals surface area contributed by atoms with Gasteiger partial charge in [-0.1, -0.05) is 53.7 Å². The molecule has 38 heavy (non-hydrogen) atoms. The molecule has 0 saturated carbocycles. The van der Waals surface area contributed by atoms with Crippen molar-refractivity contribution in [1.29, 1.82) is 0 Å². The van der Waals surface area contributed by atoms with Crippen LogP contribution in [0.3, 0.4) is 0 Å². The fourth-order valence-electron chi connectivity index (χ4n) is 6.29. The predicted octanol–water partition coefficient (Wildman–Crippen LogP) is 6.54. The van der Waals surface area contributed by atoms with Gasteiger partial charge in [0.1, 0.15) is 0 Å². The lowest BCUT2D eigenvalue weighted by molar-refractivity contribution is -0.115. The van der Waals surface area contributed by atoms with Gasteiger partial charge in [-0.25, -0.2) is 0 Å². The Bertz CT molecular complexity index is 1440. The van der Waals surface area contributed by atoms with E-state index in [1.54, 1.807) is 6.92 Å². The minimum absolute atomic E-state index is 0.00860. The van der Waals surface area contributed by atoms with E-state index in [9.17, 15) is 4.79 Å². The number of carbonyl (C=O) groups excluding carboxylic acids is 1. The van der Waals surface area contributed by atoms with Gasteiger partial charge in [-0.2, -0.15) is 4.98 Å². The van der Waals surface area contributed by atoms with Crippen LogP contribution in [-0.2, 0) is 11.2 Å². The summed E-state index contributed by atoms with van der Waals surface area (Å²) in [7, 11) is 2.28. The second-order valence-electron chi connectivity index (χ2n) is 10.9. The number of nitrogens with zero attached hydrogens (tertiary/aromatic N) is 3. The Labute approximate surface area is 224 Å². The van der Waals surface area contributed by atoms with Gasteiger partial charge in [0.25, 0.3) is 0 Å². The molecule has 2 saturated heterocycles. The number of carbonyl (C=O) groups is 1. The third kappa shape index (κ3) is 5.01. The molecular weight excluding hydrogens is 472 g/mol. The maximum absolute atomic E-state index is 12.9. The van der Waals surface area contributed by atoms with Crippen LogP contribution in [0.2, 0.25) is 0 Å². The molecule has 2 aliphatic heterocycles. The second kappa shape index (κ2) is 10.2. The monoisotopic (exact) mass is 506 g/mol. The molecule has 3 aromatic carbocycles. The van der Waals surface area contributed by atoms with Gasteiger partial charge in [0.2, 0.25) is 17.6 Å². The van der Waals surface area contributed by atoms with E-state index in [-0.39, 0.29) is 5.91 Å². The van der Waals surface area contributed by atoms with Crippen LogP contribution >= 0.6 is 0 Å². The first-order chi connectivity index (χ1) is 18.4. The lowest BCUT2D eigenvalue weighted by atomic mass is 9.85. The van der Waals surface area contributed by atoms with Crippen molar-refractivity contribution in [2.75, 3.05) is 12.4 Å². The third-order valence-corrected chi connectivity index (χ3v) is 8.38. The van der Waals surface area contributed by atoms with Crippen molar-refractivity contribution >= 4 is 11.6 Å². The first-order valence-corrected chi connectivity index (χ1v) is 13.6. The molecule has 1 amide bonds. The number of rotatable bonds is 6. The van der Waals surface area contributed by atoms with E-state index in [2.05, 4.69) is 76.8 Å². The predicted molar refractivity (Wildman–Crippen MR) is 150 cm³/mol. The molecule has 6 nitrogen and oxygen atoms in total. The zero-order valence-corrected chi connectivity index (χ0v) is 22.3. The number of fused-ring (bicyclic) bond motifs is 2. The van der Waals surface area contributed by atoms with Crippen LogP contribution in [0.1, 0.15) is 54.2 Å². The number of aryl methyl sites for hydroxylation is 2. The fraction of sp³-hybridized carbons (Fsp3) is 0.344. The van der Waals surface area contributed by atoms with Gasteiger partial charge >= 0.3 is 0 Å². The zero-order chi connectivity index (χ0) is 26.2. The van der Waals surface area contributed by atoms with Gasteiger partial charge in [-0.05, 0) is 91.6 Å². The van der Waals surface area contributed by atoms with Crippen LogP contribution in [0.15, 0.2) is 71.3 Å². The number of hydrogen-bond donors (Lipinski definition) is 1. The summed E-state index contributed by atoms with van der Waals surface area (Å²) in [6, 6.07) is 24.3. The Hall–Kier alpha value is -3.77. The van der Waals surface area contributed by atoms with Crippen molar-refractivity contribution in [3.63, 3.8) is 0 Å². The highest BCUT2D eigenvalue weighted by atomic mass is 16.5. The highest BCUT2D eigenvalue weighted by Crippen LogP contribution is 2.42. The van der Waals surface area contributed by atoms with Gasteiger partial charge in [0.05, 0.1) is 6.42 Å². The Morgan fingerprint density at radius 3 is 2.39 bits per heavy atom. The molecule has 6 heteroatoms. The molecule has 2 bridgehead atoms. The van der Waals surface area contributed by atoms with E-state index in [4.69, 9.17) is 4.52 Å². The molecule has 1 aromatic heterocycles. The zero-order valence-electron chi connectivity index (χ0n) is 22.3. The highest BCUT2D eigenvalue weighted by molar-refractivity contribution is 5.92. The first kappa shape index (κ1) is 24.6. The normalized spacial score (nSPS) is 21.0. The van der Waals surface area contributed by atoms with Crippen LogP contribution in [0.5, 0.6) is 0 Å². The van der Waals surface area contributed by atoms with Crippen LogP contribution in [0.25, 0.3) is 22.5 Å². The SMILES string of the molecule is Cc1nc(-c2ccc(-c3ccc(CC(=O)Nc4cccc(C5CC6CCC(C5)N6C)c4)cc3)c(C)c2)no1. The summed E-state index contributed by atoms with van der Waals surface area (Å²) >= 11 is 0. The highest BCUT2D eigenvalue weighted by Gasteiger charge is 2.38. The third-order valence-electron chi connectivity index (χ3n) is 8.38. The van der Waals surface area contributed by atoms with Crippen molar-refractivity contribution < 1.29 is 9.32 Å². The molecule has 0 spiro atoms. The number of hydrogen-bond acceptors (Lipinski definition) is 5. The van der Waals surface area contributed by atoms with E-state index in [0.29, 0.717) is 36.1 Å². The van der Waals surface area contributed by atoms with Crippen molar-refractivity contribution in [2.24, 2.45) is 0 Å². The standard InChI is InChI=1S/C32H34N4O2/c1-20-15-25(32-33-21(2)38-35-32)11-14-30(20)23-9-7-22(8-10-23)16-31(37)34-27-6-4-5-24(17-27)26-18-28-12-13-29(19-26)36(28)3/h4-11,14-15,17,26,28-29H,12-13,16,18-19H2,1-3H3,(H,34,37). The number of amides is 1. The molecule has 6 rings (SSSR count). The largest absolute Gasteiger partial charge is 0.339 e. The number of anilines is 1. The van der Waals surface area contributed by atoms with Crippen LogP contribution < -0.4 is 5.32 Å². The molecule has 194 valence electrons. The van der Waals surface area contributed by atoms with Gasteiger partial charge in [0.15, 0.2) is 0 Å². The Morgan fingerprint density at radius 2 is 1.71 bits per heavy atom. The Balaban J connectivity index is 1.09. The summed E-state index contributed by atoms with van der Waals surface area (Å²) in [6.45, 7) is 3.87. The van der Waals surface area contributed by atoms with Crippen LogP contribution in [-0.4, -0.2) is 40.1 Å². The molecule has 3 heterocycles. The molecular formula is C32H34N4O2. The number of nitrogens with one attached hydrogen (secondary N) is 1. The lowest BCUT2D eigenvalue weighted by Gasteiger charge is -2.36. The average molecular weight is 507 g/mol. The molecule has 2 aliphatic rings. The minimum atomic E-state index is 0.00860. The summed E-state index contributed by atoms with van der Waals surface area (Å²) in [5, 5.41) is 7.14. The van der Waals surface area contributed by atoms with Crippen LogP contribution in [0, 0.1) is 13.8 Å². The van der Waals surface area contributed by atoms with Gasteiger partial charge in [-0.15, -0.1) is 0 Å². The number of piperidine rings is 1. The lowest BCUT2D eigenvalue weighted by Crippen LogP contribution is -2.39. The van der Waals surface area contributed by atoms with E-state index >= 15 is 0 Å². The minimum Gasteiger partial charge on any atom is -0.339 e. The van der Waals surface area contributed by atoms with Crippen molar-refractivity contribution in [1.82, 2.24) is 15.0 Å². The van der Waals surface area contributed by atoms with E-state index in [1.807, 2.05) is 24.3 Å². The first-order valence-electron chi connectivity index (χ1n) is 13.6. The van der Waals surface area contributed by atoms with Crippen molar-refractivity contribution in [3.05, 3.63) is 89.3 Å². The number of benzene rings is 3. The fourth-order valence-corrected chi connectivity index (χ4v) is 6.29.